The molecular weight excluding hydrogens is 212 g/mol. The lowest BCUT2D eigenvalue weighted by Crippen LogP contribution is -2.20. The van der Waals surface area contributed by atoms with Crippen molar-refractivity contribution in [3.8, 4) is 0 Å². The minimum Gasteiger partial charge on any atom is -0.351 e. The molecule has 3 nitrogen and oxygen atoms in total. The summed E-state index contributed by atoms with van der Waals surface area (Å²) in [6.45, 7) is 5.47. The van der Waals surface area contributed by atoms with Crippen molar-refractivity contribution in [2.45, 2.75) is 6.92 Å². The molecule has 0 fully saturated rings. The van der Waals surface area contributed by atoms with Crippen LogP contribution in [0.2, 0.25) is 0 Å². The number of aryl methyl sites for hydroxylation is 1. The van der Waals surface area contributed by atoms with E-state index in [1.54, 1.807) is 7.05 Å². The van der Waals surface area contributed by atoms with Gasteiger partial charge >= 0.3 is 0 Å². The van der Waals surface area contributed by atoms with Gasteiger partial charge in [0.2, 0.25) is 0 Å². The predicted molar refractivity (Wildman–Crippen MR) is 68.8 cm³/mol. The van der Waals surface area contributed by atoms with Gasteiger partial charge in [-0.05, 0) is 25.1 Å². The van der Waals surface area contributed by atoms with Crippen LogP contribution in [0.25, 0.3) is 10.9 Å². The molecule has 0 bridgehead atoms. The van der Waals surface area contributed by atoms with Gasteiger partial charge in [0.1, 0.15) is 5.69 Å². The van der Waals surface area contributed by atoms with E-state index >= 15 is 0 Å². The number of fused-ring (bicyclic) bond motifs is 1. The number of aromatic amines is 1. The molecule has 0 spiro atoms. The highest BCUT2D eigenvalue weighted by atomic mass is 16.2. The Bertz CT molecular complexity index is 618. The zero-order chi connectivity index (χ0) is 12.4. The van der Waals surface area contributed by atoms with Gasteiger partial charge < -0.3 is 9.88 Å². The van der Waals surface area contributed by atoms with Crippen LogP contribution >= 0.6 is 0 Å². The molecule has 17 heavy (non-hydrogen) atoms. The van der Waals surface area contributed by atoms with E-state index in [0.29, 0.717) is 5.69 Å². The van der Waals surface area contributed by atoms with Gasteiger partial charge in [-0.3, -0.25) is 4.79 Å². The zero-order valence-electron chi connectivity index (χ0n) is 9.95. The van der Waals surface area contributed by atoms with Gasteiger partial charge in [0.05, 0.1) is 0 Å². The number of benzene rings is 1. The van der Waals surface area contributed by atoms with Crippen LogP contribution in [-0.4, -0.2) is 22.8 Å². The fraction of sp³-hybridized carbons (Fsp3) is 0.143. The first-order valence-electron chi connectivity index (χ1n) is 5.34. The average molecular weight is 226 g/mol. The van der Waals surface area contributed by atoms with Crippen molar-refractivity contribution in [1.82, 2.24) is 9.88 Å². The van der Waals surface area contributed by atoms with Crippen molar-refractivity contribution < 1.29 is 4.79 Å². The predicted octanol–water partition coefficient (Wildman–Crippen LogP) is 2.85. The Labute approximate surface area is 100 Å². The maximum absolute atomic E-state index is 12.0. The molecule has 1 aromatic heterocycles. The number of carbonyl (C=O) groups is 1. The van der Waals surface area contributed by atoms with Gasteiger partial charge in [0.25, 0.3) is 5.91 Å². The lowest BCUT2D eigenvalue weighted by molar-refractivity contribution is 0.0845. The first-order chi connectivity index (χ1) is 8.11. The number of hydrogen-bond donors (Lipinski definition) is 1. The topological polar surface area (TPSA) is 36.1 Å². The quantitative estimate of drug-likeness (QED) is 0.785. The largest absolute Gasteiger partial charge is 0.351 e. The average Bonchev–Trinajstić information content (AvgIpc) is 2.71. The minimum absolute atomic E-state index is 0.102. The van der Waals surface area contributed by atoms with Crippen molar-refractivity contribution in [1.29, 1.82) is 0 Å². The maximum atomic E-state index is 12.0. The van der Waals surface area contributed by atoms with Crippen molar-refractivity contribution in [2.75, 3.05) is 7.05 Å². The fourth-order valence-electron chi connectivity index (χ4n) is 1.75. The van der Waals surface area contributed by atoms with E-state index in [1.165, 1.54) is 16.7 Å². The summed E-state index contributed by atoms with van der Waals surface area (Å²) in [5, 5.41) is 1.05. The molecule has 0 saturated carbocycles. The molecule has 86 valence electrons. The highest BCUT2D eigenvalue weighted by molar-refractivity contribution is 5.98. The van der Waals surface area contributed by atoms with E-state index in [9.17, 15) is 4.79 Å². The van der Waals surface area contributed by atoms with Crippen molar-refractivity contribution in [3.05, 3.63) is 54.0 Å². The highest BCUT2D eigenvalue weighted by Gasteiger charge is 2.12. The molecule has 0 aliphatic heterocycles. The third-order valence-electron chi connectivity index (χ3n) is 2.61. The van der Waals surface area contributed by atoms with Gasteiger partial charge in [0.15, 0.2) is 0 Å². The van der Waals surface area contributed by atoms with E-state index in [1.807, 2.05) is 31.2 Å². The molecule has 1 amide bonds. The van der Waals surface area contributed by atoms with Crippen molar-refractivity contribution in [2.24, 2.45) is 0 Å². The summed E-state index contributed by atoms with van der Waals surface area (Å²) in [5.41, 5.74) is 5.29. The number of H-pyrrole nitrogens is 1. The summed E-state index contributed by atoms with van der Waals surface area (Å²) in [7, 11) is 1.68. The minimum atomic E-state index is -0.102. The van der Waals surface area contributed by atoms with E-state index in [4.69, 9.17) is 0 Å². The van der Waals surface area contributed by atoms with Crippen LogP contribution in [0.15, 0.2) is 42.8 Å². The second-order valence-corrected chi connectivity index (χ2v) is 4.02. The first kappa shape index (κ1) is 11.2. The Kier molecular flexibility index (Phi) is 2.86. The van der Waals surface area contributed by atoms with Gasteiger partial charge in [-0.2, -0.15) is 0 Å². The molecule has 0 unspecified atom stereocenters. The standard InChI is InChI=1S/C14H14N2O/c1-4-7-16(3)14(17)13-9-11-8-10(2)5-6-12(11)15-13/h5-9,15H,1H2,2-3H3. The molecular formula is C14H14N2O. The molecule has 0 atom stereocenters. The smallest absolute Gasteiger partial charge is 0.274 e. The van der Waals surface area contributed by atoms with E-state index in [-0.39, 0.29) is 5.91 Å². The number of nitrogens with one attached hydrogen (secondary N) is 1. The molecule has 2 aromatic rings. The number of hydrogen-bond acceptors (Lipinski definition) is 1. The second kappa shape index (κ2) is 4.32. The van der Waals surface area contributed by atoms with Gasteiger partial charge in [0, 0.05) is 24.2 Å². The molecule has 1 heterocycles. The Balaban J connectivity index is 2.43. The number of rotatable bonds is 2. The van der Waals surface area contributed by atoms with E-state index in [2.05, 4.69) is 17.3 Å². The second-order valence-electron chi connectivity index (χ2n) is 4.02. The monoisotopic (exact) mass is 226 g/mol. The Morgan fingerprint density at radius 3 is 2.94 bits per heavy atom. The number of amides is 1. The lowest BCUT2D eigenvalue weighted by atomic mass is 10.2. The van der Waals surface area contributed by atoms with Gasteiger partial charge in [-0.15, -0.1) is 5.73 Å². The number of nitrogens with zero attached hydrogens (tertiary/aromatic N) is 1. The normalized spacial score (nSPS) is 10.0. The Hall–Kier alpha value is -2.25. The molecule has 0 radical (unpaired) electrons. The fourth-order valence-corrected chi connectivity index (χ4v) is 1.75. The lowest BCUT2D eigenvalue weighted by Gasteiger charge is -2.08. The molecule has 2 rings (SSSR count). The summed E-state index contributed by atoms with van der Waals surface area (Å²) in [6, 6.07) is 7.90. The zero-order valence-corrected chi connectivity index (χ0v) is 9.95. The SMILES string of the molecule is C=C=CN(C)C(=O)c1cc2cc(C)ccc2[nH]1. The van der Waals surface area contributed by atoms with Crippen LogP contribution in [-0.2, 0) is 0 Å². The Morgan fingerprint density at radius 1 is 1.47 bits per heavy atom. The van der Waals surface area contributed by atoms with Crippen LogP contribution in [0.4, 0.5) is 0 Å². The molecule has 0 saturated heterocycles. The Morgan fingerprint density at radius 2 is 2.24 bits per heavy atom. The van der Waals surface area contributed by atoms with Crippen LogP contribution in [0, 0.1) is 6.92 Å². The third kappa shape index (κ3) is 2.14. The van der Waals surface area contributed by atoms with E-state index in [0.717, 1.165) is 10.9 Å². The van der Waals surface area contributed by atoms with Crippen LogP contribution in [0.3, 0.4) is 0 Å². The summed E-state index contributed by atoms with van der Waals surface area (Å²) in [6.07, 6.45) is 1.51. The molecule has 1 aromatic carbocycles. The third-order valence-corrected chi connectivity index (χ3v) is 2.61. The van der Waals surface area contributed by atoms with Gasteiger partial charge in [-0.25, -0.2) is 0 Å². The van der Waals surface area contributed by atoms with Crippen molar-refractivity contribution in [3.63, 3.8) is 0 Å². The number of aromatic nitrogens is 1. The first-order valence-corrected chi connectivity index (χ1v) is 5.34. The molecule has 3 heteroatoms. The molecule has 0 aliphatic rings. The molecule has 0 aliphatic carbocycles. The summed E-state index contributed by atoms with van der Waals surface area (Å²) in [5.74, 6) is -0.102. The van der Waals surface area contributed by atoms with E-state index < -0.39 is 0 Å². The van der Waals surface area contributed by atoms with Gasteiger partial charge in [-0.1, -0.05) is 18.2 Å². The van der Waals surface area contributed by atoms with Crippen LogP contribution < -0.4 is 0 Å². The number of carbonyl (C=O) groups excluding carboxylic acids is 1. The maximum Gasteiger partial charge on any atom is 0.274 e. The summed E-state index contributed by atoms with van der Waals surface area (Å²) >= 11 is 0. The van der Waals surface area contributed by atoms with Crippen LogP contribution in [0.5, 0.6) is 0 Å². The summed E-state index contributed by atoms with van der Waals surface area (Å²) < 4.78 is 0. The summed E-state index contributed by atoms with van der Waals surface area (Å²) in [4.78, 5) is 16.5. The molecule has 1 N–H and O–H groups in total. The highest BCUT2D eigenvalue weighted by Crippen LogP contribution is 2.17. The van der Waals surface area contributed by atoms with Crippen molar-refractivity contribution >= 4 is 16.8 Å². The van der Waals surface area contributed by atoms with Crippen LogP contribution in [0.1, 0.15) is 16.1 Å².